The molecular weight excluding hydrogens is 250 g/mol. The predicted octanol–water partition coefficient (Wildman–Crippen LogP) is 2.22. The number of aromatic nitrogens is 1. The molecule has 1 aromatic carbocycles. The van der Waals surface area contributed by atoms with Crippen LogP contribution in [0.25, 0.3) is 0 Å². The molecule has 0 amide bonds. The molecule has 0 atom stereocenters. The van der Waals surface area contributed by atoms with E-state index in [0.29, 0.717) is 0 Å². The zero-order valence-corrected chi connectivity index (χ0v) is 11.3. The van der Waals surface area contributed by atoms with Crippen LogP contribution in [-0.2, 0) is 0 Å². The second-order valence-electron chi connectivity index (χ2n) is 4.89. The van der Waals surface area contributed by atoms with Gasteiger partial charge in [0.2, 0.25) is 0 Å². The van der Waals surface area contributed by atoms with E-state index in [9.17, 15) is 4.79 Å². The van der Waals surface area contributed by atoms with Crippen molar-refractivity contribution in [3.8, 4) is 0 Å². The van der Waals surface area contributed by atoms with Crippen LogP contribution in [0.15, 0.2) is 48.8 Å². The van der Waals surface area contributed by atoms with Crippen molar-refractivity contribution in [3.05, 3.63) is 54.4 Å². The number of carbonyl (C=O) groups excluding carboxylic acids is 1. The number of hydrogen-bond acceptors (Lipinski definition) is 4. The summed E-state index contributed by atoms with van der Waals surface area (Å²) in [6, 6.07) is 11.8. The highest BCUT2D eigenvalue weighted by atomic mass is 16.1. The number of aldehydes is 1. The van der Waals surface area contributed by atoms with Gasteiger partial charge < -0.3 is 9.80 Å². The summed E-state index contributed by atoms with van der Waals surface area (Å²) < 4.78 is 0. The Hall–Kier alpha value is -2.36. The van der Waals surface area contributed by atoms with Crippen molar-refractivity contribution in [2.24, 2.45) is 0 Å². The summed E-state index contributed by atoms with van der Waals surface area (Å²) in [4.78, 5) is 19.5. The molecule has 1 aromatic heterocycles. The molecule has 0 radical (unpaired) electrons. The van der Waals surface area contributed by atoms with Crippen LogP contribution in [0.4, 0.5) is 11.4 Å². The maximum absolute atomic E-state index is 10.7. The van der Waals surface area contributed by atoms with E-state index in [-0.39, 0.29) is 0 Å². The first-order chi connectivity index (χ1) is 9.86. The molecule has 1 saturated heterocycles. The average Bonchev–Trinajstić information content (AvgIpc) is 2.56. The minimum Gasteiger partial charge on any atom is -0.368 e. The number of benzene rings is 1. The molecule has 3 rings (SSSR count). The Kier molecular flexibility index (Phi) is 3.63. The van der Waals surface area contributed by atoms with Gasteiger partial charge in [-0.3, -0.25) is 9.78 Å². The van der Waals surface area contributed by atoms with Crippen molar-refractivity contribution in [3.63, 3.8) is 0 Å². The van der Waals surface area contributed by atoms with Gasteiger partial charge in [0.25, 0.3) is 0 Å². The van der Waals surface area contributed by atoms with Crippen LogP contribution in [0.3, 0.4) is 0 Å². The van der Waals surface area contributed by atoms with Crippen molar-refractivity contribution >= 4 is 17.7 Å². The van der Waals surface area contributed by atoms with Crippen molar-refractivity contribution in [1.82, 2.24) is 4.98 Å². The number of nitrogens with zero attached hydrogens (tertiary/aromatic N) is 3. The smallest absolute Gasteiger partial charge is 0.150 e. The van der Waals surface area contributed by atoms with E-state index in [2.05, 4.69) is 20.9 Å². The lowest BCUT2D eigenvalue weighted by Crippen LogP contribution is -2.46. The summed E-state index contributed by atoms with van der Waals surface area (Å²) in [5, 5.41) is 0. The van der Waals surface area contributed by atoms with Crippen LogP contribution in [0, 0.1) is 0 Å². The molecule has 20 heavy (non-hydrogen) atoms. The number of anilines is 2. The third-order valence-electron chi connectivity index (χ3n) is 3.69. The summed E-state index contributed by atoms with van der Waals surface area (Å²) in [7, 11) is 0. The first-order valence-electron chi connectivity index (χ1n) is 6.82. The van der Waals surface area contributed by atoms with E-state index >= 15 is 0 Å². The van der Waals surface area contributed by atoms with Crippen LogP contribution in [0.1, 0.15) is 10.4 Å². The van der Waals surface area contributed by atoms with E-state index in [1.54, 1.807) is 6.20 Å². The van der Waals surface area contributed by atoms with Gasteiger partial charge in [0.1, 0.15) is 6.29 Å². The molecule has 102 valence electrons. The lowest BCUT2D eigenvalue weighted by atomic mass is 10.2. The molecule has 1 aliphatic heterocycles. The van der Waals surface area contributed by atoms with Gasteiger partial charge in [0, 0.05) is 43.6 Å². The molecule has 2 aromatic rings. The predicted molar refractivity (Wildman–Crippen MR) is 80.5 cm³/mol. The molecule has 0 aliphatic carbocycles. The molecule has 0 N–H and O–H groups in total. The number of hydrogen-bond donors (Lipinski definition) is 0. The SMILES string of the molecule is O=Cc1ccc(N2CCN(c3cccnc3)CC2)cc1. The van der Waals surface area contributed by atoms with Gasteiger partial charge >= 0.3 is 0 Å². The molecular formula is C16H17N3O. The normalized spacial score (nSPS) is 15.2. The largest absolute Gasteiger partial charge is 0.368 e. The zero-order chi connectivity index (χ0) is 13.8. The van der Waals surface area contributed by atoms with Gasteiger partial charge in [-0.1, -0.05) is 0 Å². The van der Waals surface area contributed by atoms with Crippen LogP contribution in [-0.4, -0.2) is 37.4 Å². The van der Waals surface area contributed by atoms with Crippen molar-refractivity contribution in [1.29, 1.82) is 0 Å². The first kappa shape index (κ1) is 12.7. The lowest BCUT2D eigenvalue weighted by molar-refractivity contribution is 0.112. The Balaban J connectivity index is 1.64. The van der Waals surface area contributed by atoms with E-state index in [1.807, 2.05) is 36.5 Å². The monoisotopic (exact) mass is 267 g/mol. The number of rotatable bonds is 3. The second-order valence-corrected chi connectivity index (χ2v) is 4.89. The van der Waals surface area contributed by atoms with Crippen molar-refractivity contribution < 1.29 is 4.79 Å². The van der Waals surface area contributed by atoms with E-state index in [0.717, 1.165) is 38.0 Å². The maximum atomic E-state index is 10.7. The summed E-state index contributed by atoms with van der Waals surface area (Å²) in [6.07, 6.45) is 4.59. The van der Waals surface area contributed by atoms with Gasteiger partial charge in [-0.25, -0.2) is 0 Å². The molecule has 0 bridgehead atoms. The first-order valence-corrected chi connectivity index (χ1v) is 6.82. The van der Waals surface area contributed by atoms with Gasteiger partial charge in [-0.2, -0.15) is 0 Å². The summed E-state index contributed by atoms with van der Waals surface area (Å²) >= 11 is 0. The lowest BCUT2D eigenvalue weighted by Gasteiger charge is -2.37. The summed E-state index contributed by atoms with van der Waals surface area (Å²) in [5.41, 5.74) is 3.09. The van der Waals surface area contributed by atoms with Crippen molar-refractivity contribution in [2.45, 2.75) is 0 Å². The zero-order valence-electron chi connectivity index (χ0n) is 11.3. The Bertz CT molecular complexity index is 560. The maximum Gasteiger partial charge on any atom is 0.150 e. The van der Waals surface area contributed by atoms with Crippen LogP contribution < -0.4 is 9.80 Å². The average molecular weight is 267 g/mol. The number of pyridine rings is 1. The highest BCUT2D eigenvalue weighted by Crippen LogP contribution is 2.19. The second kappa shape index (κ2) is 5.74. The van der Waals surface area contributed by atoms with Gasteiger partial charge in [-0.05, 0) is 36.4 Å². The highest BCUT2D eigenvalue weighted by Gasteiger charge is 2.17. The third kappa shape index (κ3) is 2.64. The minimum absolute atomic E-state index is 0.725. The molecule has 1 fully saturated rings. The Morgan fingerprint density at radius 3 is 2.10 bits per heavy atom. The molecule has 0 saturated carbocycles. The molecule has 4 heteroatoms. The number of piperazine rings is 1. The van der Waals surface area contributed by atoms with E-state index < -0.39 is 0 Å². The van der Waals surface area contributed by atoms with Crippen LogP contribution in [0.2, 0.25) is 0 Å². The summed E-state index contributed by atoms with van der Waals surface area (Å²) in [5.74, 6) is 0. The quantitative estimate of drug-likeness (QED) is 0.799. The fourth-order valence-electron chi connectivity index (χ4n) is 2.53. The standard InChI is InChI=1S/C16H17N3O/c20-13-14-3-5-15(6-4-14)18-8-10-19(11-9-18)16-2-1-7-17-12-16/h1-7,12-13H,8-11H2. The Morgan fingerprint density at radius 2 is 1.55 bits per heavy atom. The Labute approximate surface area is 118 Å². The van der Waals surface area contributed by atoms with E-state index in [1.165, 1.54) is 11.4 Å². The fraction of sp³-hybridized carbons (Fsp3) is 0.250. The van der Waals surface area contributed by atoms with E-state index in [4.69, 9.17) is 0 Å². The van der Waals surface area contributed by atoms with Crippen LogP contribution in [0.5, 0.6) is 0 Å². The minimum atomic E-state index is 0.725. The van der Waals surface area contributed by atoms with Crippen LogP contribution >= 0.6 is 0 Å². The molecule has 2 heterocycles. The van der Waals surface area contributed by atoms with Gasteiger partial charge in [0.15, 0.2) is 0 Å². The molecule has 4 nitrogen and oxygen atoms in total. The fourth-order valence-corrected chi connectivity index (χ4v) is 2.53. The highest BCUT2D eigenvalue weighted by molar-refractivity contribution is 5.75. The summed E-state index contributed by atoms with van der Waals surface area (Å²) in [6.45, 7) is 3.94. The van der Waals surface area contributed by atoms with Gasteiger partial charge in [0.05, 0.1) is 11.9 Å². The Morgan fingerprint density at radius 1 is 0.900 bits per heavy atom. The molecule has 0 unspecified atom stereocenters. The topological polar surface area (TPSA) is 36.4 Å². The van der Waals surface area contributed by atoms with Crippen molar-refractivity contribution in [2.75, 3.05) is 36.0 Å². The van der Waals surface area contributed by atoms with Gasteiger partial charge in [-0.15, -0.1) is 0 Å². The molecule has 0 spiro atoms. The third-order valence-corrected chi connectivity index (χ3v) is 3.69. The number of carbonyl (C=O) groups is 1. The molecule has 1 aliphatic rings.